The molecule has 0 aliphatic carbocycles. The number of nitrogens with zero attached hydrogens (tertiary/aromatic N) is 7. The Morgan fingerprint density at radius 3 is 2.67 bits per heavy atom. The van der Waals surface area contributed by atoms with E-state index in [-0.39, 0.29) is 40.7 Å². The van der Waals surface area contributed by atoms with Crippen LogP contribution >= 0.6 is 0 Å². The maximum atomic E-state index is 13.9. The predicted molar refractivity (Wildman–Crippen MR) is 108 cm³/mol. The number of carbonyl (C=O) groups is 1. The SMILES string of the molecule is Cc1c(-n2ncc(C(=O)NC3=CC(C#N)=C(n4nccn4)NC3)c2C(F)(F)F)ccnc1N. The molecular formula is C19H15F3N10O. The van der Waals surface area contributed by atoms with Gasteiger partial charge in [0.1, 0.15) is 11.9 Å². The van der Waals surface area contributed by atoms with Crippen LogP contribution in [0.1, 0.15) is 21.6 Å². The second-order valence-electron chi connectivity index (χ2n) is 6.83. The van der Waals surface area contributed by atoms with Crippen molar-refractivity contribution >= 4 is 17.5 Å². The Morgan fingerprint density at radius 1 is 1.27 bits per heavy atom. The lowest BCUT2D eigenvalue weighted by Crippen LogP contribution is -2.34. The van der Waals surface area contributed by atoms with Gasteiger partial charge in [0.2, 0.25) is 0 Å². The Balaban J connectivity index is 1.69. The van der Waals surface area contributed by atoms with Gasteiger partial charge in [0.25, 0.3) is 5.91 Å². The number of dihydropyridines is 1. The maximum absolute atomic E-state index is 13.9. The molecule has 11 nitrogen and oxygen atoms in total. The molecule has 0 radical (unpaired) electrons. The molecule has 1 amide bonds. The molecule has 14 heteroatoms. The fraction of sp³-hybridized carbons (Fsp3) is 0.158. The zero-order valence-electron chi connectivity index (χ0n) is 16.9. The summed E-state index contributed by atoms with van der Waals surface area (Å²) in [5.74, 6) is -0.729. The van der Waals surface area contributed by atoms with Crippen molar-refractivity contribution in [3.05, 3.63) is 65.0 Å². The minimum atomic E-state index is -4.90. The topological polar surface area (TPSA) is 152 Å². The van der Waals surface area contributed by atoms with E-state index in [0.717, 1.165) is 6.20 Å². The van der Waals surface area contributed by atoms with Crippen LogP contribution in [0.3, 0.4) is 0 Å². The third-order valence-corrected chi connectivity index (χ3v) is 4.76. The molecule has 0 atom stereocenters. The Hall–Kier alpha value is -4.67. The Kier molecular flexibility index (Phi) is 5.30. The van der Waals surface area contributed by atoms with E-state index in [0.29, 0.717) is 4.68 Å². The van der Waals surface area contributed by atoms with E-state index in [1.54, 1.807) is 0 Å². The van der Waals surface area contributed by atoms with Crippen LogP contribution in [0.5, 0.6) is 0 Å². The van der Waals surface area contributed by atoms with Crippen LogP contribution in [0, 0.1) is 18.3 Å². The first-order valence-corrected chi connectivity index (χ1v) is 9.34. The highest BCUT2D eigenvalue weighted by molar-refractivity contribution is 5.96. The van der Waals surface area contributed by atoms with E-state index in [1.807, 2.05) is 6.07 Å². The lowest BCUT2D eigenvalue weighted by atomic mass is 10.1. The number of carbonyl (C=O) groups excluding carboxylic acids is 1. The average Bonchev–Trinajstić information content (AvgIpc) is 3.45. The summed E-state index contributed by atoms with van der Waals surface area (Å²) in [5, 5.41) is 26.3. The highest BCUT2D eigenvalue weighted by Gasteiger charge is 2.41. The standard InChI is InChI=1S/C19H15F3N10O/c1-10-14(2-3-25-16(10)24)31-15(19(20,21)22)13(9-29-31)18(33)30-12-6-11(7-23)17(26-8-12)32-27-4-5-28-32/h2-6,9,26H,8H2,1H3,(H2,24,25)(H,30,33). The van der Waals surface area contributed by atoms with Crippen LogP contribution in [-0.2, 0) is 6.18 Å². The summed E-state index contributed by atoms with van der Waals surface area (Å²) in [6.07, 6.45) is 1.34. The number of halogens is 3. The first kappa shape index (κ1) is 21.6. The minimum Gasteiger partial charge on any atom is -0.383 e. The van der Waals surface area contributed by atoms with Crippen LogP contribution in [0.2, 0.25) is 0 Å². The van der Waals surface area contributed by atoms with Crippen molar-refractivity contribution in [3.8, 4) is 11.8 Å². The van der Waals surface area contributed by atoms with Crippen molar-refractivity contribution in [1.29, 1.82) is 5.26 Å². The normalized spacial score (nSPS) is 13.8. The highest BCUT2D eigenvalue weighted by atomic mass is 19.4. The molecule has 1 aliphatic heterocycles. The second-order valence-corrected chi connectivity index (χ2v) is 6.83. The van der Waals surface area contributed by atoms with Gasteiger partial charge in [-0.2, -0.15) is 33.7 Å². The number of nitriles is 1. The quantitative estimate of drug-likeness (QED) is 0.532. The summed E-state index contributed by atoms with van der Waals surface area (Å²) >= 11 is 0. The number of nitrogen functional groups attached to an aromatic ring is 1. The third kappa shape index (κ3) is 3.99. The molecule has 4 heterocycles. The van der Waals surface area contributed by atoms with Crippen molar-refractivity contribution in [2.75, 3.05) is 12.3 Å². The van der Waals surface area contributed by atoms with Crippen LogP contribution in [-0.4, -0.2) is 42.2 Å². The van der Waals surface area contributed by atoms with E-state index >= 15 is 0 Å². The van der Waals surface area contributed by atoms with Gasteiger partial charge in [-0.25, -0.2) is 9.67 Å². The minimum absolute atomic E-state index is 0.0171. The van der Waals surface area contributed by atoms with Gasteiger partial charge in [0.05, 0.1) is 42.0 Å². The molecule has 0 saturated heterocycles. The number of anilines is 1. The number of allylic oxidation sites excluding steroid dienone is 2. The van der Waals surface area contributed by atoms with Gasteiger partial charge in [0, 0.05) is 17.5 Å². The van der Waals surface area contributed by atoms with E-state index in [2.05, 4.69) is 30.9 Å². The van der Waals surface area contributed by atoms with Gasteiger partial charge in [-0.15, -0.1) is 4.80 Å². The zero-order chi connectivity index (χ0) is 23.8. The molecule has 0 bridgehead atoms. The summed E-state index contributed by atoms with van der Waals surface area (Å²) in [6.45, 7) is 1.52. The molecule has 4 rings (SSSR count). The molecule has 0 aromatic carbocycles. The zero-order valence-corrected chi connectivity index (χ0v) is 16.9. The van der Waals surface area contributed by atoms with Crippen molar-refractivity contribution in [3.63, 3.8) is 0 Å². The first-order valence-electron chi connectivity index (χ1n) is 9.34. The van der Waals surface area contributed by atoms with E-state index < -0.39 is 23.3 Å². The first-order chi connectivity index (χ1) is 15.7. The van der Waals surface area contributed by atoms with Crippen LogP contribution in [0.15, 0.2) is 48.2 Å². The van der Waals surface area contributed by atoms with Gasteiger partial charge >= 0.3 is 6.18 Å². The summed E-state index contributed by atoms with van der Waals surface area (Å²) in [7, 11) is 0. The van der Waals surface area contributed by atoms with E-state index in [4.69, 9.17) is 5.73 Å². The fourth-order valence-corrected chi connectivity index (χ4v) is 3.20. The van der Waals surface area contributed by atoms with Crippen LogP contribution in [0.4, 0.5) is 19.0 Å². The smallest absolute Gasteiger partial charge is 0.383 e. The number of hydrogen-bond donors (Lipinski definition) is 3. The summed E-state index contributed by atoms with van der Waals surface area (Å²) in [4.78, 5) is 17.8. The van der Waals surface area contributed by atoms with Crippen molar-refractivity contribution in [1.82, 2.24) is 40.4 Å². The van der Waals surface area contributed by atoms with Crippen LogP contribution < -0.4 is 16.4 Å². The molecule has 0 fully saturated rings. The average molecular weight is 456 g/mol. The molecule has 3 aromatic heterocycles. The maximum Gasteiger partial charge on any atom is 0.434 e. The molecule has 1 aliphatic rings. The number of alkyl halides is 3. The number of aromatic nitrogens is 6. The van der Waals surface area contributed by atoms with Crippen molar-refractivity contribution in [2.24, 2.45) is 0 Å². The predicted octanol–water partition coefficient (Wildman–Crippen LogP) is 1.38. The molecule has 4 N–H and O–H groups in total. The third-order valence-electron chi connectivity index (χ3n) is 4.76. The fourth-order valence-electron chi connectivity index (χ4n) is 3.20. The van der Waals surface area contributed by atoms with Gasteiger partial charge < -0.3 is 16.4 Å². The molecule has 0 unspecified atom stereocenters. The van der Waals surface area contributed by atoms with Gasteiger partial charge in [0.15, 0.2) is 11.5 Å². The number of pyridine rings is 1. The lowest BCUT2D eigenvalue weighted by molar-refractivity contribution is -0.143. The largest absolute Gasteiger partial charge is 0.434 e. The Bertz CT molecular complexity index is 1330. The number of hydrogen-bond acceptors (Lipinski definition) is 8. The van der Waals surface area contributed by atoms with Gasteiger partial charge in [-0.05, 0) is 19.1 Å². The molecule has 0 spiro atoms. The number of amides is 1. The molecule has 0 saturated carbocycles. The molecule has 3 aromatic rings. The summed E-state index contributed by atoms with van der Waals surface area (Å²) in [6, 6.07) is 3.25. The number of rotatable bonds is 4. The Labute approximate surface area is 184 Å². The van der Waals surface area contributed by atoms with Crippen LogP contribution in [0.25, 0.3) is 11.5 Å². The Morgan fingerprint density at radius 2 is 2.00 bits per heavy atom. The highest BCUT2D eigenvalue weighted by Crippen LogP contribution is 2.34. The second kappa shape index (κ2) is 8.11. The van der Waals surface area contributed by atoms with Gasteiger partial charge in [-0.3, -0.25) is 4.79 Å². The molecule has 168 valence electrons. The molecular weight excluding hydrogens is 441 g/mol. The van der Waals surface area contributed by atoms with Crippen molar-refractivity contribution in [2.45, 2.75) is 13.1 Å². The number of nitrogens with one attached hydrogen (secondary N) is 2. The summed E-state index contributed by atoms with van der Waals surface area (Å²) < 4.78 is 42.4. The lowest BCUT2D eigenvalue weighted by Gasteiger charge is -2.19. The monoisotopic (exact) mass is 456 g/mol. The summed E-state index contributed by atoms with van der Waals surface area (Å²) in [5.41, 5.74) is 4.33. The number of nitrogens with two attached hydrogens (primary N) is 1. The molecule has 33 heavy (non-hydrogen) atoms. The van der Waals surface area contributed by atoms with E-state index in [9.17, 15) is 23.2 Å². The van der Waals surface area contributed by atoms with Gasteiger partial charge in [-0.1, -0.05) is 0 Å². The van der Waals surface area contributed by atoms with Crippen molar-refractivity contribution < 1.29 is 18.0 Å². The van der Waals surface area contributed by atoms with E-state index in [1.165, 1.54) is 42.5 Å².